The van der Waals surface area contributed by atoms with Crippen molar-refractivity contribution in [3.63, 3.8) is 0 Å². The minimum atomic E-state index is -0.0525. The Bertz CT molecular complexity index is 726. The minimum absolute atomic E-state index is 0.0144. The molecule has 2 aromatic carbocycles. The number of para-hydroxylation sites is 2. The summed E-state index contributed by atoms with van der Waals surface area (Å²) in [6.45, 7) is 6.12. The van der Waals surface area contributed by atoms with Gasteiger partial charge in [0.05, 0.1) is 0 Å². The lowest BCUT2D eigenvalue weighted by atomic mass is 10.0. The number of nitrogens with zero attached hydrogens (tertiary/aromatic N) is 2. The predicted octanol–water partition coefficient (Wildman–Crippen LogP) is 4.22. The summed E-state index contributed by atoms with van der Waals surface area (Å²) in [4.78, 5) is 28.0. The summed E-state index contributed by atoms with van der Waals surface area (Å²) in [5.74, 6) is 0.239. The van der Waals surface area contributed by atoms with Crippen LogP contribution in [0, 0.1) is 0 Å². The molecule has 0 atom stereocenters. The molecule has 0 N–H and O–H groups in total. The van der Waals surface area contributed by atoms with Gasteiger partial charge in [0.15, 0.2) is 0 Å². The van der Waals surface area contributed by atoms with Gasteiger partial charge in [0, 0.05) is 38.3 Å². The lowest BCUT2D eigenvalue weighted by molar-refractivity contribution is -0.118. The summed E-state index contributed by atoms with van der Waals surface area (Å²) in [6, 6.07) is 17.4. The standard InChI is InChI=1S/C21H26N2O2/c1-16(2)19-12-8-9-13-20(19)23(17(3)24)15-14-21(25)22(4)18-10-6-5-7-11-18/h5-13,16H,14-15H2,1-4H3. The quantitative estimate of drug-likeness (QED) is 0.791. The van der Waals surface area contributed by atoms with Crippen LogP contribution in [0.4, 0.5) is 11.4 Å². The largest absolute Gasteiger partial charge is 0.315 e. The Labute approximate surface area is 150 Å². The molecule has 0 saturated heterocycles. The summed E-state index contributed by atoms with van der Waals surface area (Å²) in [6.07, 6.45) is 0.275. The Hall–Kier alpha value is -2.62. The number of anilines is 2. The summed E-state index contributed by atoms with van der Waals surface area (Å²) >= 11 is 0. The van der Waals surface area contributed by atoms with E-state index < -0.39 is 0 Å². The van der Waals surface area contributed by atoms with Crippen LogP contribution in [0.1, 0.15) is 38.7 Å². The van der Waals surface area contributed by atoms with Gasteiger partial charge < -0.3 is 9.80 Å². The van der Waals surface area contributed by atoms with Crippen molar-refractivity contribution in [1.29, 1.82) is 0 Å². The zero-order valence-corrected chi connectivity index (χ0v) is 15.4. The average Bonchev–Trinajstić information content (AvgIpc) is 2.61. The molecule has 0 bridgehead atoms. The van der Waals surface area contributed by atoms with E-state index in [1.807, 2.05) is 54.6 Å². The first kappa shape index (κ1) is 18.7. The highest BCUT2D eigenvalue weighted by molar-refractivity contribution is 5.96. The highest BCUT2D eigenvalue weighted by Gasteiger charge is 2.19. The second kappa shape index (κ2) is 8.47. The lowest BCUT2D eigenvalue weighted by Gasteiger charge is -2.26. The monoisotopic (exact) mass is 338 g/mol. The fourth-order valence-corrected chi connectivity index (χ4v) is 2.84. The van der Waals surface area contributed by atoms with Gasteiger partial charge in [0.2, 0.25) is 11.8 Å². The van der Waals surface area contributed by atoms with Crippen molar-refractivity contribution in [1.82, 2.24) is 0 Å². The third-order valence-electron chi connectivity index (χ3n) is 4.30. The van der Waals surface area contributed by atoms with Gasteiger partial charge in [0.25, 0.3) is 0 Å². The maximum Gasteiger partial charge on any atom is 0.228 e. The van der Waals surface area contributed by atoms with Crippen molar-refractivity contribution >= 4 is 23.2 Å². The van der Waals surface area contributed by atoms with Crippen LogP contribution < -0.4 is 9.80 Å². The molecule has 0 aliphatic heterocycles. The van der Waals surface area contributed by atoms with Gasteiger partial charge in [-0.1, -0.05) is 50.2 Å². The van der Waals surface area contributed by atoms with Crippen LogP contribution in [0.15, 0.2) is 54.6 Å². The number of hydrogen-bond acceptors (Lipinski definition) is 2. The number of benzene rings is 2. The minimum Gasteiger partial charge on any atom is -0.315 e. The topological polar surface area (TPSA) is 40.6 Å². The number of rotatable bonds is 6. The third kappa shape index (κ3) is 4.69. The average molecular weight is 338 g/mol. The Morgan fingerprint density at radius 2 is 1.56 bits per heavy atom. The van der Waals surface area contributed by atoms with Crippen molar-refractivity contribution in [3.05, 3.63) is 60.2 Å². The fraction of sp³-hybridized carbons (Fsp3) is 0.333. The number of amides is 2. The third-order valence-corrected chi connectivity index (χ3v) is 4.30. The van der Waals surface area contributed by atoms with Crippen LogP contribution in [0.3, 0.4) is 0 Å². The second-order valence-electron chi connectivity index (χ2n) is 6.42. The molecule has 4 heteroatoms. The smallest absolute Gasteiger partial charge is 0.228 e. The SMILES string of the molecule is CC(=O)N(CCC(=O)N(C)c1ccccc1)c1ccccc1C(C)C. The van der Waals surface area contributed by atoms with Crippen LogP contribution in [0.25, 0.3) is 0 Å². The van der Waals surface area contributed by atoms with E-state index >= 15 is 0 Å². The predicted molar refractivity (Wildman–Crippen MR) is 103 cm³/mol. The van der Waals surface area contributed by atoms with E-state index in [1.54, 1.807) is 23.8 Å². The molecule has 0 unspecified atom stereocenters. The molecule has 0 aliphatic rings. The molecule has 2 rings (SSSR count). The van der Waals surface area contributed by atoms with E-state index in [-0.39, 0.29) is 18.2 Å². The number of hydrogen-bond donors (Lipinski definition) is 0. The van der Waals surface area contributed by atoms with Crippen molar-refractivity contribution in [3.8, 4) is 0 Å². The molecule has 2 aromatic rings. The first-order chi connectivity index (χ1) is 11.9. The van der Waals surface area contributed by atoms with Crippen LogP contribution in [0.2, 0.25) is 0 Å². The molecule has 0 radical (unpaired) electrons. The maximum atomic E-state index is 12.5. The van der Waals surface area contributed by atoms with Gasteiger partial charge in [0.1, 0.15) is 0 Å². The van der Waals surface area contributed by atoms with E-state index in [2.05, 4.69) is 13.8 Å². The molecule has 0 heterocycles. The first-order valence-electron chi connectivity index (χ1n) is 8.60. The lowest BCUT2D eigenvalue weighted by Crippen LogP contribution is -2.35. The molecule has 2 amide bonds. The Balaban J connectivity index is 2.13. The summed E-state index contributed by atoms with van der Waals surface area (Å²) in [5, 5.41) is 0. The fourth-order valence-electron chi connectivity index (χ4n) is 2.84. The molecule has 0 aliphatic carbocycles. The zero-order chi connectivity index (χ0) is 18.4. The van der Waals surface area contributed by atoms with E-state index in [1.165, 1.54) is 0 Å². The van der Waals surface area contributed by atoms with Crippen LogP contribution >= 0.6 is 0 Å². The van der Waals surface area contributed by atoms with E-state index in [0.29, 0.717) is 12.5 Å². The highest BCUT2D eigenvalue weighted by Crippen LogP contribution is 2.27. The Kier molecular flexibility index (Phi) is 6.34. The van der Waals surface area contributed by atoms with Gasteiger partial charge in [-0.15, -0.1) is 0 Å². The van der Waals surface area contributed by atoms with Crippen LogP contribution in [-0.4, -0.2) is 25.4 Å². The van der Waals surface area contributed by atoms with Gasteiger partial charge >= 0.3 is 0 Å². The molecule has 0 aromatic heterocycles. The molecule has 0 saturated carbocycles. The van der Waals surface area contributed by atoms with Gasteiger partial charge in [-0.25, -0.2) is 0 Å². The Morgan fingerprint density at radius 1 is 0.960 bits per heavy atom. The van der Waals surface area contributed by atoms with Crippen molar-refractivity contribution in [2.45, 2.75) is 33.1 Å². The molecular formula is C21H26N2O2. The normalized spacial score (nSPS) is 10.6. The second-order valence-corrected chi connectivity index (χ2v) is 6.42. The van der Waals surface area contributed by atoms with Crippen molar-refractivity contribution in [2.24, 2.45) is 0 Å². The van der Waals surface area contributed by atoms with Crippen molar-refractivity contribution in [2.75, 3.05) is 23.4 Å². The molecular weight excluding hydrogens is 312 g/mol. The van der Waals surface area contributed by atoms with Crippen molar-refractivity contribution < 1.29 is 9.59 Å². The number of carbonyl (C=O) groups is 2. The first-order valence-corrected chi connectivity index (χ1v) is 8.60. The zero-order valence-electron chi connectivity index (χ0n) is 15.4. The van der Waals surface area contributed by atoms with Crippen LogP contribution in [0.5, 0.6) is 0 Å². The molecule has 0 spiro atoms. The Morgan fingerprint density at radius 3 is 2.16 bits per heavy atom. The summed E-state index contributed by atoms with van der Waals surface area (Å²) in [5.41, 5.74) is 2.85. The van der Waals surface area contributed by atoms with E-state index in [4.69, 9.17) is 0 Å². The molecule has 0 fully saturated rings. The van der Waals surface area contributed by atoms with Gasteiger partial charge in [-0.2, -0.15) is 0 Å². The van der Waals surface area contributed by atoms with E-state index in [0.717, 1.165) is 16.9 Å². The van der Waals surface area contributed by atoms with Gasteiger partial charge in [-0.05, 0) is 29.7 Å². The molecule has 25 heavy (non-hydrogen) atoms. The summed E-state index contributed by atoms with van der Waals surface area (Å²) in [7, 11) is 1.76. The molecule has 132 valence electrons. The number of carbonyl (C=O) groups excluding carboxylic acids is 2. The van der Waals surface area contributed by atoms with Crippen LogP contribution in [-0.2, 0) is 9.59 Å². The maximum absolute atomic E-state index is 12.5. The summed E-state index contributed by atoms with van der Waals surface area (Å²) < 4.78 is 0. The highest BCUT2D eigenvalue weighted by atomic mass is 16.2. The molecule has 4 nitrogen and oxygen atoms in total. The van der Waals surface area contributed by atoms with Gasteiger partial charge in [-0.3, -0.25) is 9.59 Å². The van der Waals surface area contributed by atoms with E-state index in [9.17, 15) is 9.59 Å².